The molecule has 2 aromatic carbocycles. The first kappa shape index (κ1) is 21.7. The maximum Gasteiger partial charge on any atom is 0.262 e. The van der Waals surface area contributed by atoms with E-state index in [-0.39, 0.29) is 21.6 Å². The number of halogens is 1. The second-order valence-corrected chi connectivity index (χ2v) is 10.5. The molecule has 0 saturated carbocycles. The lowest BCUT2D eigenvalue weighted by atomic mass is 10.0. The molecule has 0 radical (unpaired) electrons. The molecule has 1 aliphatic rings. The van der Waals surface area contributed by atoms with E-state index in [1.807, 2.05) is 24.3 Å². The molecule has 8 heteroatoms. The maximum absolute atomic E-state index is 13.9. The molecule has 3 aromatic rings. The highest BCUT2D eigenvalue weighted by Crippen LogP contribution is 2.29. The van der Waals surface area contributed by atoms with Crippen molar-refractivity contribution in [1.29, 1.82) is 0 Å². The van der Waals surface area contributed by atoms with E-state index >= 15 is 0 Å². The summed E-state index contributed by atoms with van der Waals surface area (Å²) in [5.41, 5.74) is 2.64. The third kappa shape index (κ3) is 4.56. The van der Waals surface area contributed by atoms with Gasteiger partial charge in [-0.1, -0.05) is 42.5 Å². The molecule has 0 fully saturated rings. The molecule has 4 rings (SSSR count). The lowest BCUT2D eigenvalue weighted by molar-refractivity contribution is 0.0941. The Bertz CT molecular complexity index is 1210. The van der Waals surface area contributed by atoms with Gasteiger partial charge in [-0.25, -0.2) is 12.8 Å². The van der Waals surface area contributed by atoms with Crippen LogP contribution < -0.4 is 5.32 Å². The Morgan fingerprint density at radius 3 is 2.61 bits per heavy atom. The molecule has 0 spiro atoms. The minimum absolute atomic E-state index is 0.0208. The highest BCUT2D eigenvalue weighted by molar-refractivity contribution is 7.89. The van der Waals surface area contributed by atoms with Crippen LogP contribution in [-0.2, 0) is 29.4 Å². The topological polar surface area (TPSA) is 66.5 Å². The predicted octanol–water partition coefficient (Wildman–Crippen LogP) is 4.00. The lowest BCUT2D eigenvalue weighted by Gasteiger charge is -2.28. The van der Waals surface area contributed by atoms with Gasteiger partial charge >= 0.3 is 0 Å². The largest absolute Gasteiger partial charge is 0.349 e. The van der Waals surface area contributed by atoms with Gasteiger partial charge in [0, 0.05) is 19.1 Å². The van der Waals surface area contributed by atoms with Crippen LogP contribution in [0, 0.1) is 5.82 Å². The number of amides is 1. The summed E-state index contributed by atoms with van der Waals surface area (Å²) in [7, 11) is -3.82. The number of nitrogens with zero attached hydrogens (tertiary/aromatic N) is 1. The molecule has 162 valence electrons. The highest BCUT2D eigenvalue weighted by Gasteiger charge is 2.32. The molecule has 31 heavy (non-hydrogen) atoms. The Morgan fingerprint density at radius 1 is 1.13 bits per heavy atom. The summed E-state index contributed by atoms with van der Waals surface area (Å²) in [6.07, 6.45) is 0.954. The molecular weight excluding hydrogens is 435 g/mol. The quantitative estimate of drug-likeness (QED) is 0.607. The van der Waals surface area contributed by atoms with E-state index in [0.717, 1.165) is 22.5 Å². The van der Waals surface area contributed by atoms with Crippen LogP contribution >= 0.6 is 11.3 Å². The first-order valence-corrected chi connectivity index (χ1v) is 12.4. The zero-order valence-corrected chi connectivity index (χ0v) is 18.7. The molecular formula is C23H23FN2O3S2. The van der Waals surface area contributed by atoms with Gasteiger partial charge in [-0.3, -0.25) is 4.79 Å². The van der Waals surface area contributed by atoms with Crippen LogP contribution in [0.5, 0.6) is 0 Å². The number of fused-ring (bicyclic) bond motifs is 1. The number of carbonyl (C=O) groups is 1. The SMILES string of the molecule is CC(Cc1ccccc1F)NC(=O)c1sccc1S(=O)(=O)N1CCc2ccccc2C1. The number of sulfonamides is 1. The van der Waals surface area contributed by atoms with Crippen molar-refractivity contribution >= 4 is 27.3 Å². The van der Waals surface area contributed by atoms with Crippen LogP contribution in [0.15, 0.2) is 64.9 Å². The number of nitrogens with one attached hydrogen (secondary N) is 1. The first-order valence-electron chi connectivity index (χ1n) is 10.0. The van der Waals surface area contributed by atoms with Gasteiger partial charge < -0.3 is 5.32 Å². The van der Waals surface area contributed by atoms with Crippen molar-refractivity contribution in [2.75, 3.05) is 6.54 Å². The van der Waals surface area contributed by atoms with Crippen LogP contribution in [0.2, 0.25) is 0 Å². The van der Waals surface area contributed by atoms with E-state index in [9.17, 15) is 17.6 Å². The van der Waals surface area contributed by atoms with E-state index in [0.29, 0.717) is 31.5 Å². The highest BCUT2D eigenvalue weighted by atomic mass is 32.2. The fraction of sp³-hybridized carbons (Fsp3) is 0.261. The fourth-order valence-electron chi connectivity index (χ4n) is 3.81. The molecule has 1 unspecified atom stereocenters. The molecule has 1 N–H and O–H groups in total. The van der Waals surface area contributed by atoms with Crippen molar-refractivity contribution in [2.45, 2.75) is 37.2 Å². The second kappa shape index (κ2) is 8.90. The van der Waals surface area contributed by atoms with Gasteiger partial charge in [0.25, 0.3) is 5.91 Å². The Hall–Kier alpha value is -2.55. The summed E-state index contributed by atoms with van der Waals surface area (Å²) in [6, 6.07) is 15.3. The molecule has 1 aromatic heterocycles. The molecule has 1 atom stereocenters. The molecule has 0 bridgehead atoms. The second-order valence-electron chi connectivity index (χ2n) is 7.64. The van der Waals surface area contributed by atoms with Gasteiger partial charge in [0.15, 0.2) is 0 Å². The third-order valence-electron chi connectivity index (χ3n) is 5.41. The number of benzene rings is 2. The number of hydrogen-bond donors (Lipinski definition) is 1. The Kier molecular flexibility index (Phi) is 6.22. The fourth-order valence-corrected chi connectivity index (χ4v) is 6.54. The standard InChI is InChI=1S/C23H23FN2O3S2/c1-16(14-18-7-4-5-9-20(18)24)25-23(27)22-21(11-13-30-22)31(28,29)26-12-10-17-6-2-3-8-19(17)15-26/h2-9,11,13,16H,10,12,14-15H2,1H3,(H,25,27). The lowest BCUT2D eigenvalue weighted by Crippen LogP contribution is -2.38. The van der Waals surface area contributed by atoms with Crippen LogP contribution in [0.4, 0.5) is 4.39 Å². The maximum atomic E-state index is 13.9. The van der Waals surface area contributed by atoms with Crippen LogP contribution in [0.25, 0.3) is 0 Å². The van der Waals surface area contributed by atoms with Crippen molar-refractivity contribution in [3.63, 3.8) is 0 Å². The summed E-state index contributed by atoms with van der Waals surface area (Å²) in [6.45, 7) is 2.44. The van der Waals surface area contributed by atoms with E-state index in [1.54, 1.807) is 30.5 Å². The molecule has 1 amide bonds. The summed E-state index contributed by atoms with van der Waals surface area (Å²) in [5, 5.41) is 4.42. The van der Waals surface area contributed by atoms with Crippen molar-refractivity contribution in [3.8, 4) is 0 Å². The molecule has 1 aliphatic heterocycles. The number of hydrogen-bond acceptors (Lipinski definition) is 4. The number of rotatable bonds is 6. The van der Waals surface area contributed by atoms with Gasteiger partial charge in [0.05, 0.1) is 0 Å². The first-order chi connectivity index (χ1) is 14.9. The minimum Gasteiger partial charge on any atom is -0.349 e. The Balaban J connectivity index is 1.50. The van der Waals surface area contributed by atoms with Crippen molar-refractivity contribution in [1.82, 2.24) is 9.62 Å². The smallest absolute Gasteiger partial charge is 0.262 e. The van der Waals surface area contributed by atoms with E-state index in [1.165, 1.54) is 16.4 Å². The summed E-state index contributed by atoms with van der Waals surface area (Å²) < 4.78 is 41.9. The number of thiophene rings is 1. The molecule has 0 saturated heterocycles. The predicted molar refractivity (Wildman–Crippen MR) is 119 cm³/mol. The monoisotopic (exact) mass is 458 g/mol. The zero-order chi connectivity index (χ0) is 22.0. The van der Waals surface area contributed by atoms with Gasteiger partial charge in [0.1, 0.15) is 15.6 Å². The number of carbonyl (C=O) groups excluding carboxylic acids is 1. The summed E-state index contributed by atoms with van der Waals surface area (Å²) in [5.74, 6) is -0.789. The van der Waals surface area contributed by atoms with Crippen LogP contribution in [0.3, 0.4) is 0 Å². The van der Waals surface area contributed by atoms with Crippen molar-refractivity contribution in [2.24, 2.45) is 0 Å². The van der Waals surface area contributed by atoms with Gasteiger partial charge in [-0.15, -0.1) is 11.3 Å². The van der Waals surface area contributed by atoms with Gasteiger partial charge in [-0.2, -0.15) is 4.31 Å². The van der Waals surface area contributed by atoms with E-state index in [4.69, 9.17) is 0 Å². The van der Waals surface area contributed by atoms with Crippen LogP contribution in [-0.4, -0.2) is 31.2 Å². The molecule has 2 heterocycles. The molecule has 5 nitrogen and oxygen atoms in total. The van der Waals surface area contributed by atoms with Crippen molar-refractivity contribution in [3.05, 3.63) is 87.4 Å². The Morgan fingerprint density at radius 2 is 1.84 bits per heavy atom. The average molecular weight is 459 g/mol. The van der Waals surface area contributed by atoms with Gasteiger partial charge in [-0.05, 0) is 54.0 Å². The van der Waals surface area contributed by atoms with E-state index in [2.05, 4.69) is 5.32 Å². The zero-order valence-electron chi connectivity index (χ0n) is 17.0. The minimum atomic E-state index is -3.82. The van der Waals surface area contributed by atoms with E-state index < -0.39 is 15.9 Å². The normalized spacial score (nSPS) is 15.3. The third-order valence-corrected chi connectivity index (χ3v) is 8.34. The molecule has 0 aliphatic carbocycles. The Labute approximate surface area is 185 Å². The van der Waals surface area contributed by atoms with Crippen LogP contribution in [0.1, 0.15) is 33.3 Å². The van der Waals surface area contributed by atoms with Gasteiger partial charge in [0.2, 0.25) is 10.0 Å². The average Bonchev–Trinajstić information content (AvgIpc) is 3.26. The summed E-state index contributed by atoms with van der Waals surface area (Å²) in [4.78, 5) is 13.0. The summed E-state index contributed by atoms with van der Waals surface area (Å²) >= 11 is 1.09. The van der Waals surface area contributed by atoms with Crippen molar-refractivity contribution < 1.29 is 17.6 Å².